The van der Waals surface area contributed by atoms with Crippen LogP contribution >= 0.6 is 23.2 Å². The van der Waals surface area contributed by atoms with E-state index < -0.39 is 5.91 Å². The van der Waals surface area contributed by atoms with Gasteiger partial charge in [-0.1, -0.05) is 53.5 Å². The molecule has 0 fully saturated rings. The molecular formula is C21H15Cl2N3O2. The van der Waals surface area contributed by atoms with Crippen LogP contribution in [0.2, 0.25) is 10.0 Å². The zero-order valence-corrected chi connectivity index (χ0v) is 16.2. The summed E-state index contributed by atoms with van der Waals surface area (Å²) in [6, 6.07) is 14.5. The molecule has 1 unspecified atom stereocenters. The molecule has 0 aliphatic heterocycles. The number of Topliss-reactive ketones (excluding diaryl/α,β-unsaturated/α-hetero) is 1. The standard InChI is InChI=1S/C21H15Cl2N3O2/c22-14-6-7-15(17(23)10-14)20(28)26-21-24-11-16-18(25-21)8-13(9-19(16)27)12-4-2-1-3-5-12/h1-7,10-11,13H,8-9H2,(H,24,25,26,28). The summed E-state index contributed by atoms with van der Waals surface area (Å²) in [5.74, 6) is -0.237. The third-order valence-electron chi connectivity index (χ3n) is 4.71. The van der Waals surface area contributed by atoms with E-state index in [1.54, 1.807) is 6.07 Å². The van der Waals surface area contributed by atoms with Crippen LogP contribution in [0.3, 0.4) is 0 Å². The van der Waals surface area contributed by atoms with E-state index in [0.29, 0.717) is 29.1 Å². The van der Waals surface area contributed by atoms with Crippen molar-refractivity contribution in [2.75, 3.05) is 5.32 Å². The lowest BCUT2D eigenvalue weighted by molar-refractivity contribution is 0.0962. The third-order valence-corrected chi connectivity index (χ3v) is 5.26. The number of fused-ring (bicyclic) bond motifs is 1. The summed E-state index contributed by atoms with van der Waals surface area (Å²) in [6.07, 6.45) is 2.51. The number of rotatable bonds is 3. The van der Waals surface area contributed by atoms with E-state index in [4.69, 9.17) is 23.2 Å². The van der Waals surface area contributed by atoms with Crippen LogP contribution in [0.15, 0.2) is 54.7 Å². The summed E-state index contributed by atoms with van der Waals surface area (Å²) < 4.78 is 0. The third kappa shape index (κ3) is 3.77. The lowest BCUT2D eigenvalue weighted by atomic mass is 9.82. The van der Waals surface area contributed by atoms with Crippen molar-refractivity contribution in [3.8, 4) is 0 Å². The number of carbonyl (C=O) groups is 2. The lowest BCUT2D eigenvalue weighted by Crippen LogP contribution is -2.22. The van der Waals surface area contributed by atoms with Crippen LogP contribution in [-0.4, -0.2) is 21.7 Å². The average Bonchev–Trinajstić information content (AvgIpc) is 2.68. The van der Waals surface area contributed by atoms with Crippen LogP contribution < -0.4 is 5.32 Å². The van der Waals surface area contributed by atoms with E-state index in [1.165, 1.54) is 18.3 Å². The number of hydrogen-bond donors (Lipinski definition) is 1. The summed E-state index contributed by atoms with van der Waals surface area (Å²) in [4.78, 5) is 33.5. The predicted octanol–water partition coefficient (Wildman–Crippen LogP) is 4.95. The highest BCUT2D eigenvalue weighted by Crippen LogP contribution is 2.32. The van der Waals surface area contributed by atoms with Crippen molar-refractivity contribution in [3.05, 3.63) is 87.2 Å². The second-order valence-corrected chi connectivity index (χ2v) is 7.41. The van der Waals surface area contributed by atoms with Gasteiger partial charge in [-0.05, 0) is 36.1 Å². The number of nitrogens with one attached hydrogen (secondary N) is 1. The number of nitrogens with zero attached hydrogens (tertiary/aromatic N) is 2. The summed E-state index contributed by atoms with van der Waals surface area (Å²) in [7, 11) is 0. The van der Waals surface area contributed by atoms with E-state index in [1.807, 2.05) is 30.3 Å². The minimum atomic E-state index is -0.441. The van der Waals surface area contributed by atoms with Gasteiger partial charge in [0.05, 0.1) is 21.8 Å². The molecule has 1 heterocycles. The van der Waals surface area contributed by atoms with Crippen molar-refractivity contribution < 1.29 is 9.59 Å². The van der Waals surface area contributed by atoms with Crippen LogP contribution in [0.1, 0.15) is 44.3 Å². The Kier molecular flexibility index (Phi) is 5.11. The van der Waals surface area contributed by atoms with Gasteiger partial charge in [-0.25, -0.2) is 9.97 Å². The van der Waals surface area contributed by atoms with Crippen LogP contribution in [0.5, 0.6) is 0 Å². The first-order valence-electron chi connectivity index (χ1n) is 8.71. The summed E-state index contributed by atoms with van der Waals surface area (Å²) in [5, 5.41) is 3.32. The number of anilines is 1. The lowest BCUT2D eigenvalue weighted by Gasteiger charge is -2.23. The van der Waals surface area contributed by atoms with E-state index >= 15 is 0 Å². The normalized spacial score (nSPS) is 15.8. The van der Waals surface area contributed by atoms with Gasteiger partial charge in [0.15, 0.2) is 5.78 Å². The molecule has 1 aliphatic carbocycles. The topological polar surface area (TPSA) is 72.0 Å². The highest BCUT2D eigenvalue weighted by Gasteiger charge is 2.28. The van der Waals surface area contributed by atoms with Gasteiger partial charge < -0.3 is 0 Å². The van der Waals surface area contributed by atoms with E-state index in [2.05, 4.69) is 15.3 Å². The maximum absolute atomic E-state index is 12.5. The zero-order valence-electron chi connectivity index (χ0n) is 14.7. The van der Waals surface area contributed by atoms with Crippen molar-refractivity contribution in [2.45, 2.75) is 18.8 Å². The maximum atomic E-state index is 12.5. The fourth-order valence-electron chi connectivity index (χ4n) is 3.31. The second-order valence-electron chi connectivity index (χ2n) is 6.57. The van der Waals surface area contributed by atoms with Gasteiger partial charge in [-0.15, -0.1) is 0 Å². The average molecular weight is 412 g/mol. The molecule has 140 valence electrons. The Balaban J connectivity index is 1.58. The zero-order chi connectivity index (χ0) is 19.7. The van der Waals surface area contributed by atoms with Crippen molar-refractivity contribution in [1.29, 1.82) is 0 Å². The molecule has 1 aromatic heterocycles. The van der Waals surface area contributed by atoms with Gasteiger partial charge in [0.25, 0.3) is 5.91 Å². The number of ketones is 1. The fraction of sp³-hybridized carbons (Fsp3) is 0.143. The molecule has 1 amide bonds. The fourth-order valence-corrected chi connectivity index (χ4v) is 3.80. The van der Waals surface area contributed by atoms with Crippen LogP contribution in [0.25, 0.3) is 0 Å². The molecule has 0 spiro atoms. The quantitative estimate of drug-likeness (QED) is 0.661. The van der Waals surface area contributed by atoms with Gasteiger partial charge >= 0.3 is 0 Å². The smallest absolute Gasteiger partial charge is 0.259 e. The molecule has 1 N–H and O–H groups in total. The number of aromatic nitrogens is 2. The largest absolute Gasteiger partial charge is 0.294 e. The van der Waals surface area contributed by atoms with Gasteiger partial charge in [0, 0.05) is 17.6 Å². The van der Waals surface area contributed by atoms with Crippen LogP contribution in [-0.2, 0) is 6.42 Å². The Bertz CT molecular complexity index is 1070. The first kappa shape index (κ1) is 18.6. The van der Waals surface area contributed by atoms with E-state index in [0.717, 1.165) is 5.56 Å². The molecule has 5 nitrogen and oxygen atoms in total. The molecule has 0 saturated heterocycles. The molecule has 4 rings (SSSR count). The molecule has 3 aromatic rings. The van der Waals surface area contributed by atoms with Gasteiger partial charge in [0.2, 0.25) is 5.95 Å². The molecular weight excluding hydrogens is 397 g/mol. The molecule has 1 aliphatic rings. The molecule has 0 radical (unpaired) electrons. The highest BCUT2D eigenvalue weighted by molar-refractivity contribution is 6.37. The first-order chi connectivity index (χ1) is 13.5. The Hall–Kier alpha value is -2.76. The molecule has 1 atom stereocenters. The minimum Gasteiger partial charge on any atom is -0.294 e. The van der Waals surface area contributed by atoms with Crippen molar-refractivity contribution in [1.82, 2.24) is 9.97 Å². The van der Waals surface area contributed by atoms with Crippen LogP contribution in [0.4, 0.5) is 5.95 Å². The molecule has 0 saturated carbocycles. The molecule has 7 heteroatoms. The van der Waals surface area contributed by atoms with Crippen molar-refractivity contribution in [3.63, 3.8) is 0 Å². The van der Waals surface area contributed by atoms with Crippen molar-refractivity contribution >= 4 is 40.8 Å². The predicted molar refractivity (Wildman–Crippen MR) is 108 cm³/mol. The first-order valence-corrected chi connectivity index (χ1v) is 9.47. The van der Waals surface area contributed by atoms with Crippen molar-refractivity contribution in [2.24, 2.45) is 0 Å². The number of carbonyl (C=O) groups excluding carboxylic acids is 2. The highest BCUT2D eigenvalue weighted by atomic mass is 35.5. The summed E-state index contributed by atoms with van der Waals surface area (Å²) >= 11 is 11.9. The Morgan fingerprint density at radius 3 is 2.61 bits per heavy atom. The van der Waals surface area contributed by atoms with Gasteiger partial charge in [0.1, 0.15) is 0 Å². The number of benzene rings is 2. The SMILES string of the molecule is O=C(Nc1ncc2c(n1)CC(c1ccccc1)CC2=O)c1ccc(Cl)cc1Cl. The van der Waals surface area contributed by atoms with Crippen LogP contribution in [0, 0.1) is 0 Å². The number of hydrogen-bond acceptors (Lipinski definition) is 4. The Morgan fingerprint density at radius 1 is 1.07 bits per heavy atom. The molecule has 0 bridgehead atoms. The van der Waals surface area contributed by atoms with E-state index in [-0.39, 0.29) is 28.2 Å². The number of amides is 1. The Labute approximate surface area is 171 Å². The summed E-state index contributed by atoms with van der Waals surface area (Å²) in [6.45, 7) is 0. The van der Waals surface area contributed by atoms with E-state index in [9.17, 15) is 9.59 Å². The second kappa shape index (κ2) is 7.70. The molecule has 2 aromatic carbocycles. The van der Waals surface area contributed by atoms with Gasteiger partial charge in [-0.2, -0.15) is 0 Å². The minimum absolute atomic E-state index is 0.00808. The van der Waals surface area contributed by atoms with Gasteiger partial charge in [-0.3, -0.25) is 14.9 Å². The maximum Gasteiger partial charge on any atom is 0.259 e. The summed E-state index contributed by atoms with van der Waals surface area (Å²) in [5.41, 5.74) is 2.51. The monoisotopic (exact) mass is 411 g/mol. The molecule has 28 heavy (non-hydrogen) atoms. The number of halogens is 2. The Morgan fingerprint density at radius 2 is 1.86 bits per heavy atom.